The summed E-state index contributed by atoms with van der Waals surface area (Å²) in [6.45, 7) is -1.41. The molecule has 0 saturated heterocycles. The first-order valence-electron chi connectivity index (χ1n) is 6.25. The van der Waals surface area contributed by atoms with Crippen molar-refractivity contribution in [1.29, 1.82) is 0 Å². The Kier molecular flexibility index (Phi) is 6.90. The molecule has 0 bridgehead atoms. The fourth-order valence-electron chi connectivity index (χ4n) is 1.34. The van der Waals surface area contributed by atoms with Crippen molar-refractivity contribution in [2.45, 2.75) is 24.6 Å². The van der Waals surface area contributed by atoms with Crippen LogP contribution in [0.2, 0.25) is 0 Å². The van der Waals surface area contributed by atoms with Gasteiger partial charge in [-0.3, -0.25) is 4.18 Å². The number of hydrogen-bond donors (Lipinski definition) is 1. The summed E-state index contributed by atoms with van der Waals surface area (Å²) in [6.07, 6.45) is -7.52. The van der Waals surface area contributed by atoms with Gasteiger partial charge in [-0.1, -0.05) is 30.3 Å². The molecule has 12 heteroatoms. The standard InChI is InChI=1S/C12H12F5NO5S/c13-10(14)9(23-24(20,21)12(15,16)17)6-18-11(19)22-7-8-4-2-1-3-5-8/h1-5,9-10H,6-7H2,(H,18,19). The first-order valence-corrected chi connectivity index (χ1v) is 7.66. The zero-order valence-electron chi connectivity index (χ0n) is 11.8. The smallest absolute Gasteiger partial charge is 0.445 e. The molecule has 0 spiro atoms. The van der Waals surface area contributed by atoms with Crippen molar-refractivity contribution in [1.82, 2.24) is 5.32 Å². The minimum Gasteiger partial charge on any atom is -0.445 e. The van der Waals surface area contributed by atoms with Crippen molar-refractivity contribution in [3.63, 3.8) is 0 Å². The number of alkyl carbamates (subject to hydrolysis) is 1. The second kappa shape index (κ2) is 8.24. The van der Waals surface area contributed by atoms with Crippen LogP contribution in [0.25, 0.3) is 0 Å². The molecular formula is C12H12F5NO5S. The fourth-order valence-corrected chi connectivity index (χ4v) is 1.93. The number of carbonyl (C=O) groups excluding carboxylic acids is 1. The second-order valence-corrected chi connectivity index (χ2v) is 5.88. The number of amides is 1. The molecule has 1 amide bonds. The predicted octanol–water partition coefficient (Wildman–Crippen LogP) is 2.41. The fraction of sp³-hybridized carbons (Fsp3) is 0.417. The molecule has 0 aliphatic heterocycles. The van der Waals surface area contributed by atoms with E-state index >= 15 is 0 Å². The minimum absolute atomic E-state index is 0.215. The third-order valence-electron chi connectivity index (χ3n) is 2.48. The number of alkyl halides is 5. The molecule has 0 aromatic heterocycles. The summed E-state index contributed by atoms with van der Waals surface area (Å²) in [6, 6.07) is 8.22. The van der Waals surface area contributed by atoms with Gasteiger partial charge in [-0.15, -0.1) is 0 Å². The number of benzene rings is 1. The molecule has 1 unspecified atom stereocenters. The Bertz CT molecular complexity index is 635. The van der Waals surface area contributed by atoms with Crippen molar-refractivity contribution in [2.24, 2.45) is 0 Å². The lowest BCUT2D eigenvalue weighted by Crippen LogP contribution is -2.41. The first-order chi connectivity index (χ1) is 11.0. The van der Waals surface area contributed by atoms with Gasteiger partial charge in [0.1, 0.15) is 6.61 Å². The highest BCUT2D eigenvalue weighted by atomic mass is 32.2. The van der Waals surface area contributed by atoms with Gasteiger partial charge < -0.3 is 10.1 Å². The van der Waals surface area contributed by atoms with Gasteiger partial charge >= 0.3 is 21.7 Å². The van der Waals surface area contributed by atoms with Crippen LogP contribution in [0.15, 0.2) is 30.3 Å². The van der Waals surface area contributed by atoms with E-state index < -0.39 is 40.8 Å². The van der Waals surface area contributed by atoms with E-state index in [-0.39, 0.29) is 6.61 Å². The molecule has 1 aromatic rings. The average Bonchev–Trinajstić information content (AvgIpc) is 2.49. The zero-order chi connectivity index (χ0) is 18.4. The number of ether oxygens (including phenoxy) is 1. The third-order valence-corrected chi connectivity index (χ3v) is 3.54. The van der Waals surface area contributed by atoms with Crippen molar-refractivity contribution in [3.8, 4) is 0 Å². The van der Waals surface area contributed by atoms with Crippen LogP contribution >= 0.6 is 0 Å². The average molecular weight is 377 g/mol. The molecule has 1 aromatic carbocycles. The van der Waals surface area contributed by atoms with Crippen LogP contribution in [0.5, 0.6) is 0 Å². The molecule has 1 atom stereocenters. The largest absolute Gasteiger partial charge is 0.523 e. The Labute approximate surface area is 133 Å². The molecule has 1 N–H and O–H groups in total. The van der Waals surface area contributed by atoms with E-state index in [1.54, 1.807) is 35.6 Å². The molecule has 24 heavy (non-hydrogen) atoms. The summed E-state index contributed by atoms with van der Waals surface area (Å²) in [5.74, 6) is 0. The maximum atomic E-state index is 12.6. The summed E-state index contributed by atoms with van der Waals surface area (Å²) in [4.78, 5) is 11.3. The summed E-state index contributed by atoms with van der Waals surface area (Å²) in [5.41, 5.74) is -5.28. The van der Waals surface area contributed by atoms with Crippen molar-refractivity contribution in [3.05, 3.63) is 35.9 Å². The highest BCUT2D eigenvalue weighted by Gasteiger charge is 2.49. The van der Waals surface area contributed by atoms with Crippen LogP contribution < -0.4 is 5.32 Å². The van der Waals surface area contributed by atoms with Crippen molar-refractivity contribution < 1.29 is 44.1 Å². The first kappa shape index (κ1) is 20.1. The highest BCUT2D eigenvalue weighted by Crippen LogP contribution is 2.26. The molecule has 0 heterocycles. The van der Waals surface area contributed by atoms with Gasteiger partial charge in [-0.05, 0) is 5.56 Å². The Morgan fingerprint density at radius 2 is 1.75 bits per heavy atom. The lowest BCUT2D eigenvalue weighted by atomic mass is 10.2. The normalized spacial score (nSPS) is 13.6. The number of carbonyl (C=O) groups is 1. The van der Waals surface area contributed by atoms with Crippen LogP contribution in [0.4, 0.5) is 26.7 Å². The van der Waals surface area contributed by atoms with Crippen LogP contribution in [0.1, 0.15) is 5.56 Å². The number of rotatable bonds is 7. The summed E-state index contributed by atoms with van der Waals surface area (Å²) < 4.78 is 90.9. The van der Waals surface area contributed by atoms with Gasteiger partial charge in [-0.25, -0.2) is 13.6 Å². The molecule has 0 aliphatic rings. The van der Waals surface area contributed by atoms with E-state index in [9.17, 15) is 35.2 Å². The summed E-state index contributed by atoms with van der Waals surface area (Å²) in [7, 11) is -6.22. The van der Waals surface area contributed by atoms with Crippen molar-refractivity contribution in [2.75, 3.05) is 6.54 Å². The van der Waals surface area contributed by atoms with E-state index in [2.05, 4.69) is 8.92 Å². The number of nitrogens with one attached hydrogen (secondary N) is 1. The predicted molar refractivity (Wildman–Crippen MR) is 70.5 cm³/mol. The van der Waals surface area contributed by atoms with Gasteiger partial charge in [0.15, 0.2) is 6.10 Å². The molecule has 6 nitrogen and oxygen atoms in total. The Hall–Kier alpha value is -1.95. The second-order valence-electron chi connectivity index (χ2n) is 4.31. The molecule has 0 aliphatic carbocycles. The van der Waals surface area contributed by atoms with E-state index in [1.807, 2.05) is 0 Å². The molecule has 0 saturated carbocycles. The van der Waals surface area contributed by atoms with Crippen LogP contribution in [-0.4, -0.2) is 39.1 Å². The molecular weight excluding hydrogens is 365 g/mol. The minimum atomic E-state index is -6.22. The van der Waals surface area contributed by atoms with E-state index in [0.29, 0.717) is 5.56 Å². The Balaban J connectivity index is 2.53. The van der Waals surface area contributed by atoms with Crippen LogP contribution in [-0.2, 0) is 25.6 Å². The third kappa shape index (κ3) is 6.28. The van der Waals surface area contributed by atoms with E-state index in [4.69, 9.17) is 0 Å². The maximum absolute atomic E-state index is 12.6. The monoisotopic (exact) mass is 377 g/mol. The van der Waals surface area contributed by atoms with Crippen molar-refractivity contribution >= 4 is 16.2 Å². The number of hydrogen-bond acceptors (Lipinski definition) is 5. The quantitative estimate of drug-likeness (QED) is 0.448. The summed E-state index contributed by atoms with van der Waals surface area (Å²) >= 11 is 0. The lowest BCUT2D eigenvalue weighted by Gasteiger charge is -2.18. The maximum Gasteiger partial charge on any atom is 0.523 e. The van der Waals surface area contributed by atoms with Gasteiger partial charge in [-0.2, -0.15) is 21.6 Å². The SMILES string of the molecule is O=C(NCC(OS(=O)(=O)C(F)(F)F)C(F)F)OCc1ccccc1. The zero-order valence-corrected chi connectivity index (χ0v) is 12.6. The van der Waals surface area contributed by atoms with Crippen LogP contribution in [0.3, 0.4) is 0 Å². The molecule has 136 valence electrons. The molecule has 1 rings (SSSR count). The van der Waals surface area contributed by atoms with Gasteiger partial charge in [0.2, 0.25) is 0 Å². The Morgan fingerprint density at radius 3 is 2.25 bits per heavy atom. The van der Waals surface area contributed by atoms with Gasteiger partial charge in [0.25, 0.3) is 6.43 Å². The lowest BCUT2D eigenvalue weighted by molar-refractivity contribution is -0.0658. The highest BCUT2D eigenvalue weighted by molar-refractivity contribution is 7.87. The van der Waals surface area contributed by atoms with Crippen LogP contribution in [0, 0.1) is 0 Å². The summed E-state index contributed by atoms with van der Waals surface area (Å²) in [5, 5.41) is 1.71. The van der Waals surface area contributed by atoms with E-state index in [0.717, 1.165) is 0 Å². The van der Waals surface area contributed by atoms with Gasteiger partial charge in [0.05, 0.1) is 6.54 Å². The molecule has 0 fully saturated rings. The van der Waals surface area contributed by atoms with E-state index in [1.165, 1.54) is 0 Å². The topological polar surface area (TPSA) is 81.7 Å². The Morgan fingerprint density at radius 1 is 1.17 bits per heavy atom. The number of halogens is 5. The molecule has 0 radical (unpaired) electrons. The van der Waals surface area contributed by atoms with Gasteiger partial charge in [0, 0.05) is 0 Å².